The van der Waals surface area contributed by atoms with Crippen molar-refractivity contribution in [1.82, 2.24) is 10.2 Å². The molecule has 3 rings (SSSR count). The van der Waals surface area contributed by atoms with Crippen LogP contribution in [0.3, 0.4) is 0 Å². The highest BCUT2D eigenvalue weighted by Gasteiger charge is 2.36. The zero-order chi connectivity index (χ0) is 24.4. The summed E-state index contributed by atoms with van der Waals surface area (Å²) < 4.78 is 105. The number of hydrogen-bond donors (Lipinski definition) is 3. The molecular formula is C20H15F8N5. The van der Waals surface area contributed by atoms with E-state index in [4.69, 9.17) is 0 Å². The molecule has 3 aromatic rings. The lowest BCUT2D eigenvalue weighted by atomic mass is 10.2. The normalized spacial score (nSPS) is 12.7. The molecule has 0 amide bonds. The Morgan fingerprint density at radius 1 is 0.939 bits per heavy atom. The number of nitrogens with one attached hydrogen (secondary N) is 3. The van der Waals surface area contributed by atoms with E-state index < -0.39 is 35.2 Å². The van der Waals surface area contributed by atoms with E-state index >= 15 is 0 Å². The van der Waals surface area contributed by atoms with Gasteiger partial charge < -0.3 is 10.6 Å². The summed E-state index contributed by atoms with van der Waals surface area (Å²) >= 11 is 0. The fourth-order valence-corrected chi connectivity index (χ4v) is 2.74. The van der Waals surface area contributed by atoms with E-state index in [0.717, 1.165) is 37.3 Å². The van der Waals surface area contributed by atoms with Crippen LogP contribution >= 0.6 is 0 Å². The number of hydrogen-bond acceptors (Lipinski definition) is 2. The lowest BCUT2D eigenvalue weighted by Crippen LogP contribution is -2.23. The number of H-pyrrole nitrogens is 1. The van der Waals surface area contributed by atoms with Crippen molar-refractivity contribution in [2.75, 3.05) is 10.6 Å². The van der Waals surface area contributed by atoms with Gasteiger partial charge in [-0.1, -0.05) is 12.1 Å². The largest absolute Gasteiger partial charge is 0.433 e. The molecule has 0 unspecified atom stereocenters. The SMILES string of the molecule is Cc1c(NC(=NCc2ccc(F)c(F)c2)Nc2cccc(C(F)(F)F)c2)n[nH]c1C(F)(F)F. The molecule has 13 heteroatoms. The number of aromatic nitrogens is 2. The molecule has 0 bridgehead atoms. The summed E-state index contributed by atoms with van der Waals surface area (Å²) in [5.74, 6) is -2.79. The minimum atomic E-state index is -4.71. The van der Waals surface area contributed by atoms with E-state index in [1.54, 1.807) is 0 Å². The van der Waals surface area contributed by atoms with E-state index in [0.29, 0.717) is 0 Å². The molecule has 0 radical (unpaired) electrons. The van der Waals surface area contributed by atoms with Gasteiger partial charge >= 0.3 is 12.4 Å². The Morgan fingerprint density at radius 3 is 2.27 bits per heavy atom. The third kappa shape index (κ3) is 5.99. The predicted octanol–water partition coefficient (Wildman–Crippen LogP) is 6.11. The van der Waals surface area contributed by atoms with E-state index in [2.05, 4.69) is 20.7 Å². The van der Waals surface area contributed by atoms with Gasteiger partial charge in [-0.3, -0.25) is 5.10 Å². The fraction of sp³-hybridized carbons (Fsp3) is 0.200. The minimum Gasteiger partial charge on any atom is -0.326 e. The number of nitrogens with zero attached hydrogens (tertiary/aromatic N) is 2. The summed E-state index contributed by atoms with van der Waals surface area (Å²) in [5.41, 5.74) is -2.28. The van der Waals surface area contributed by atoms with Gasteiger partial charge in [-0.2, -0.15) is 31.4 Å². The molecule has 0 aliphatic carbocycles. The molecule has 0 saturated heterocycles. The molecule has 176 valence electrons. The molecule has 0 aliphatic heterocycles. The summed E-state index contributed by atoms with van der Waals surface area (Å²) in [6, 6.07) is 6.97. The number of benzene rings is 2. The summed E-state index contributed by atoms with van der Waals surface area (Å²) in [5, 5.41) is 10.4. The second-order valence-electron chi connectivity index (χ2n) is 6.81. The molecule has 0 fully saturated rings. The number of guanidine groups is 1. The molecule has 1 aromatic heterocycles. The second kappa shape index (κ2) is 9.08. The molecule has 0 spiro atoms. The van der Waals surface area contributed by atoms with Gasteiger partial charge in [0.15, 0.2) is 17.5 Å². The summed E-state index contributed by atoms with van der Waals surface area (Å²) in [6.45, 7) is 0.854. The van der Waals surface area contributed by atoms with Gasteiger partial charge in [-0.05, 0) is 42.8 Å². The lowest BCUT2D eigenvalue weighted by molar-refractivity contribution is -0.141. The molecule has 33 heavy (non-hydrogen) atoms. The van der Waals surface area contributed by atoms with Crippen LogP contribution < -0.4 is 10.6 Å². The average Bonchev–Trinajstić information content (AvgIpc) is 3.09. The lowest BCUT2D eigenvalue weighted by Gasteiger charge is -2.14. The summed E-state index contributed by atoms with van der Waals surface area (Å²) in [4.78, 5) is 4.05. The third-order valence-electron chi connectivity index (χ3n) is 4.39. The van der Waals surface area contributed by atoms with Crippen LogP contribution in [-0.4, -0.2) is 16.2 Å². The molecule has 0 saturated carbocycles. The van der Waals surface area contributed by atoms with Gasteiger partial charge in [-0.15, -0.1) is 0 Å². The Kier molecular flexibility index (Phi) is 6.60. The van der Waals surface area contributed by atoms with Crippen molar-refractivity contribution in [3.05, 3.63) is 76.5 Å². The van der Waals surface area contributed by atoms with Crippen LogP contribution in [0.4, 0.5) is 46.6 Å². The van der Waals surface area contributed by atoms with Crippen molar-refractivity contribution in [1.29, 1.82) is 0 Å². The molecule has 0 atom stereocenters. The van der Waals surface area contributed by atoms with Crippen LogP contribution in [0.1, 0.15) is 22.4 Å². The van der Waals surface area contributed by atoms with Gasteiger partial charge in [0, 0.05) is 11.3 Å². The number of halogens is 8. The van der Waals surface area contributed by atoms with Crippen LogP contribution in [0.25, 0.3) is 0 Å². The molecule has 2 aromatic carbocycles. The zero-order valence-electron chi connectivity index (χ0n) is 16.7. The van der Waals surface area contributed by atoms with Gasteiger partial charge in [-0.25, -0.2) is 13.8 Å². The quantitative estimate of drug-likeness (QED) is 0.241. The van der Waals surface area contributed by atoms with Crippen molar-refractivity contribution in [3.63, 3.8) is 0 Å². The van der Waals surface area contributed by atoms with Crippen LogP contribution in [-0.2, 0) is 18.9 Å². The van der Waals surface area contributed by atoms with Gasteiger partial charge in [0.25, 0.3) is 0 Å². The van der Waals surface area contributed by atoms with Gasteiger partial charge in [0.1, 0.15) is 5.69 Å². The Balaban J connectivity index is 1.92. The van der Waals surface area contributed by atoms with Gasteiger partial charge in [0.2, 0.25) is 5.96 Å². The first-order chi connectivity index (χ1) is 15.3. The maximum absolute atomic E-state index is 13.4. The summed E-state index contributed by atoms with van der Waals surface area (Å²) in [7, 11) is 0. The third-order valence-corrected chi connectivity index (χ3v) is 4.39. The Morgan fingerprint density at radius 2 is 1.67 bits per heavy atom. The summed E-state index contributed by atoms with van der Waals surface area (Å²) in [6.07, 6.45) is -9.34. The maximum atomic E-state index is 13.4. The molecule has 1 heterocycles. The van der Waals surface area contributed by atoms with Crippen LogP contribution in [0.5, 0.6) is 0 Å². The van der Waals surface area contributed by atoms with E-state index in [-0.39, 0.29) is 35.1 Å². The number of aliphatic imine (C=N–C) groups is 1. The number of alkyl halides is 6. The Labute approximate surface area is 181 Å². The topological polar surface area (TPSA) is 65.1 Å². The van der Waals surface area contributed by atoms with E-state index in [9.17, 15) is 35.1 Å². The molecule has 0 aliphatic rings. The highest BCUT2D eigenvalue weighted by Crippen LogP contribution is 2.33. The monoisotopic (exact) mass is 477 g/mol. The standard InChI is InChI=1S/C20H15F8N5/c1-10-16(20(26,27)28)32-33-17(10)31-18(29-9-11-5-6-14(21)15(22)7-11)30-13-4-2-3-12(8-13)19(23,24)25/h2-8H,9H2,1H3,(H3,29,30,31,32,33). The maximum Gasteiger partial charge on any atom is 0.433 e. The highest BCUT2D eigenvalue weighted by molar-refractivity contribution is 6.03. The zero-order valence-corrected chi connectivity index (χ0v) is 16.7. The van der Waals surface area contributed by atoms with E-state index in [1.165, 1.54) is 12.1 Å². The molecule has 5 nitrogen and oxygen atoms in total. The smallest absolute Gasteiger partial charge is 0.326 e. The van der Waals surface area contributed by atoms with Crippen molar-refractivity contribution >= 4 is 17.5 Å². The predicted molar refractivity (Wildman–Crippen MR) is 105 cm³/mol. The molecular weight excluding hydrogens is 462 g/mol. The number of anilines is 2. The van der Waals surface area contributed by atoms with Crippen LogP contribution in [0, 0.1) is 18.6 Å². The Bertz CT molecular complexity index is 1160. The first-order valence-corrected chi connectivity index (χ1v) is 9.16. The van der Waals surface area contributed by atoms with Crippen LogP contribution in [0.2, 0.25) is 0 Å². The van der Waals surface area contributed by atoms with Crippen molar-refractivity contribution in [2.45, 2.75) is 25.8 Å². The average molecular weight is 477 g/mol. The van der Waals surface area contributed by atoms with Gasteiger partial charge in [0.05, 0.1) is 12.1 Å². The number of aromatic amines is 1. The first kappa shape index (κ1) is 24.0. The highest BCUT2D eigenvalue weighted by atomic mass is 19.4. The fourth-order valence-electron chi connectivity index (χ4n) is 2.74. The first-order valence-electron chi connectivity index (χ1n) is 9.16. The van der Waals surface area contributed by atoms with E-state index in [1.807, 2.05) is 5.10 Å². The minimum absolute atomic E-state index is 0.0782. The van der Waals surface area contributed by atoms with Crippen molar-refractivity contribution in [3.8, 4) is 0 Å². The Hall–Kier alpha value is -3.64. The van der Waals surface area contributed by atoms with Crippen molar-refractivity contribution < 1.29 is 35.1 Å². The second-order valence-corrected chi connectivity index (χ2v) is 6.81. The van der Waals surface area contributed by atoms with Crippen LogP contribution in [0.15, 0.2) is 47.5 Å². The van der Waals surface area contributed by atoms with Crippen molar-refractivity contribution in [2.24, 2.45) is 4.99 Å². The number of rotatable bonds is 4. The molecule has 3 N–H and O–H groups in total.